The van der Waals surface area contributed by atoms with Gasteiger partial charge in [-0.15, -0.1) is 0 Å². The number of ether oxygens (including phenoxy) is 2. The number of carbonyl (C=O) groups excluding carboxylic acids is 1. The highest BCUT2D eigenvalue weighted by atomic mass is 28.3. The van der Waals surface area contributed by atoms with Crippen molar-refractivity contribution in [2.45, 2.75) is 51.0 Å². The lowest BCUT2D eigenvalue weighted by Crippen LogP contribution is -2.43. The van der Waals surface area contributed by atoms with Crippen molar-refractivity contribution in [1.82, 2.24) is 5.32 Å². The molecule has 124 valence electrons. The summed E-state index contributed by atoms with van der Waals surface area (Å²) in [6, 6.07) is 1.15. The molecular weight excluding hydrogens is 284 g/mol. The molecule has 0 saturated carbocycles. The summed E-state index contributed by atoms with van der Waals surface area (Å²) < 4.78 is 10.8. The van der Waals surface area contributed by atoms with Gasteiger partial charge in [-0.05, 0) is 24.7 Å². The highest BCUT2D eigenvalue weighted by molar-refractivity contribution is 6.76. The first-order chi connectivity index (χ1) is 9.83. The second-order valence-corrected chi connectivity index (χ2v) is 12.9. The summed E-state index contributed by atoms with van der Waals surface area (Å²) in [5.41, 5.74) is 6.34. The fourth-order valence-electron chi connectivity index (χ4n) is 2.87. The third-order valence-corrected chi connectivity index (χ3v) is 5.98. The van der Waals surface area contributed by atoms with E-state index in [1.165, 1.54) is 12.5 Å². The van der Waals surface area contributed by atoms with Crippen LogP contribution in [-0.2, 0) is 9.47 Å². The number of amides is 1. The van der Waals surface area contributed by atoms with E-state index < -0.39 is 14.2 Å². The molecule has 1 saturated heterocycles. The van der Waals surface area contributed by atoms with Gasteiger partial charge in [0.1, 0.15) is 6.61 Å². The van der Waals surface area contributed by atoms with Crippen LogP contribution in [0.2, 0.25) is 25.7 Å². The summed E-state index contributed by atoms with van der Waals surface area (Å²) in [5, 5.41) is 2.46. The van der Waals surface area contributed by atoms with Crippen LogP contribution in [-0.4, -0.2) is 47.1 Å². The molecule has 1 aliphatic rings. The molecule has 1 heterocycles. The molecule has 0 radical (unpaired) electrons. The van der Waals surface area contributed by atoms with Gasteiger partial charge in [-0.25, -0.2) is 4.79 Å². The molecule has 0 spiro atoms. The summed E-state index contributed by atoms with van der Waals surface area (Å²) in [6.45, 7) is 9.09. The number of nitrogens with two attached hydrogens (primary N) is 1. The lowest BCUT2D eigenvalue weighted by Gasteiger charge is -2.35. The van der Waals surface area contributed by atoms with Crippen molar-refractivity contribution in [3.8, 4) is 0 Å². The first-order valence-corrected chi connectivity index (χ1v) is 11.7. The monoisotopic (exact) mass is 316 g/mol. The molecule has 0 aromatic rings. The van der Waals surface area contributed by atoms with Crippen molar-refractivity contribution in [2.24, 2.45) is 17.6 Å². The first kappa shape index (κ1) is 18.5. The second kappa shape index (κ2) is 8.75. The normalized spacial score (nSPS) is 22.4. The molecule has 2 unspecified atom stereocenters. The van der Waals surface area contributed by atoms with Gasteiger partial charge in [0, 0.05) is 34.4 Å². The maximum Gasteiger partial charge on any atom is 0.406 e. The van der Waals surface area contributed by atoms with Crippen molar-refractivity contribution in [1.29, 1.82) is 0 Å². The minimum Gasteiger partial charge on any atom is -0.448 e. The zero-order valence-corrected chi connectivity index (χ0v) is 15.0. The Bertz CT molecular complexity index is 315. The van der Waals surface area contributed by atoms with Crippen LogP contribution in [0, 0.1) is 11.8 Å². The molecule has 5 nitrogen and oxygen atoms in total. The predicted molar refractivity (Wildman–Crippen MR) is 88.2 cm³/mol. The summed E-state index contributed by atoms with van der Waals surface area (Å²) in [7, 11) is 0.463. The van der Waals surface area contributed by atoms with E-state index in [0.29, 0.717) is 11.8 Å². The Labute approximate surface area is 130 Å². The van der Waals surface area contributed by atoms with E-state index in [2.05, 4.69) is 25.0 Å². The molecule has 0 aliphatic carbocycles. The average molecular weight is 317 g/mol. The highest BCUT2D eigenvalue weighted by Gasteiger charge is 2.31. The molecule has 1 fully saturated rings. The van der Waals surface area contributed by atoms with Crippen LogP contribution in [0.15, 0.2) is 0 Å². The molecule has 21 heavy (non-hydrogen) atoms. The minimum absolute atomic E-state index is 0.106. The largest absolute Gasteiger partial charge is 0.448 e. The van der Waals surface area contributed by atoms with Gasteiger partial charge in [-0.2, -0.15) is 0 Å². The van der Waals surface area contributed by atoms with E-state index in [9.17, 15) is 4.79 Å². The lowest BCUT2D eigenvalue weighted by atomic mass is 9.81. The summed E-state index contributed by atoms with van der Waals surface area (Å²) in [4.78, 5) is 11.2. The van der Waals surface area contributed by atoms with E-state index >= 15 is 0 Å². The molecule has 6 heteroatoms. The maximum atomic E-state index is 11.2. The standard InChI is InChI=1S/C15H32N2O3Si/c1-17-15(18)20-11-14(16)13(7-9-21(2,3)4)12-6-5-8-19-10-12/h12-14H,5-11,16H2,1-4H3,(H,17,18)/t12-,13?,14?/m0/s1. The molecule has 0 bridgehead atoms. The van der Waals surface area contributed by atoms with Gasteiger partial charge in [-0.1, -0.05) is 32.1 Å². The molecule has 1 aliphatic heterocycles. The van der Waals surface area contributed by atoms with Crippen molar-refractivity contribution < 1.29 is 14.3 Å². The number of rotatable bonds is 7. The van der Waals surface area contributed by atoms with E-state index in [1.807, 2.05) is 0 Å². The smallest absolute Gasteiger partial charge is 0.406 e. The Morgan fingerprint density at radius 2 is 2.19 bits per heavy atom. The van der Waals surface area contributed by atoms with Crippen LogP contribution >= 0.6 is 0 Å². The zero-order chi connectivity index (χ0) is 15.9. The van der Waals surface area contributed by atoms with Crippen molar-refractivity contribution in [3.05, 3.63) is 0 Å². The Hall–Kier alpha value is -0.593. The molecule has 1 amide bonds. The quantitative estimate of drug-likeness (QED) is 0.708. The second-order valence-electron chi connectivity index (χ2n) is 7.25. The maximum absolute atomic E-state index is 11.2. The van der Waals surface area contributed by atoms with E-state index in [4.69, 9.17) is 15.2 Å². The highest BCUT2D eigenvalue weighted by Crippen LogP contribution is 2.30. The zero-order valence-electron chi connectivity index (χ0n) is 14.0. The van der Waals surface area contributed by atoms with Crippen LogP contribution in [0.25, 0.3) is 0 Å². The molecule has 3 N–H and O–H groups in total. The van der Waals surface area contributed by atoms with Gasteiger partial charge in [0.2, 0.25) is 0 Å². The lowest BCUT2D eigenvalue weighted by molar-refractivity contribution is 0.0173. The fourth-order valence-corrected chi connectivity index (χ4v) is 4.07. The van der Waals surface area contributed by atoms with Crippen molar-refractivity contribution in [3.63, 3.8) is 0 Å². The van der Waals surface area contributed by atoms with Gasteiger partial charge >= 0.3 is 6.09 Å². The van der Waals surface area contributed by atoms with Gasteiger partial charge in [0.15, 0.2) is 0 Å². The van der Waals surface area contributed by atoms with Crippen LogP contribution < -0.4 is 11.1 Å². The minimum atomic E-state index is -1.10. The Kier molecular flexibility index (Phi) is 7.69. The van der Waals surface area contributed by atoms with Crippen LogP contribution in [0.4, 0.5) is 4.79 Å². The van der Waals surface area contributed by atoms with Crippen molar-refractivity contribution >= 4 is 14.2 Å². The van der Waals surface area contributed by atoms with E-state index in [-0.39, 0.29) is 12.6 Å². The van der Waals surface area contributed by atoms with Crippen LogP contribution in [0.1, 0.15) is 19.3 Å². The predicted octanol–water partition coefficient (Wildman–Crippen LogP) is 2.44. The Balaban J connectivity index is 2.58. The third-order valence-electron chi connectivity index (χ3n) is 4.19. The SMILES string of the molecule is CNC(=O)OCC(N)C(CC[Si](C)(C)C)[C@H]1CCCOC1. The molecule has 0 aromatic heterocycles. The summed E-state index contributed by atoms with van der Waals surface area (Å²) in [5.74, 6) is 0.875. The number of carbonyl (C=O) groups is 1. The molecule has 1 rings (SSSR count). The van der Waals surface area contributed by atoms with Gasteiger partial charge in [0.25, 0.3) is 0 Å². The van der Waals surface area contributed by atoms with E-state index in [1.54, 1.807) is 7.05 Å². The molecular formula is C15H32N2O3Si. The number of nitrogens with one attached hydrogen (secondary N) is 1. The third kappa shape index (κ3) is 7.29. The van der Waals surface area contributed by atoms with Gasteiger partial charge in [0.05, 0.1) is 0 Å². The van der Waals surface area contributed by atoms with Crippen molar-refractivity contribution in [2.75, 3.05) is 26.9 Å². The Morgan fingerprint density at radius 3 is 2.71 bits per heavy atom. The number of hydrogen-bond donors (Lipinski definition) is 2. The average Bonchev–Trinajstić information content (AvgIpc) is 2.44. The number of alkyl carbamates (subject to hydrolysis) is 1. The van der Waals surface area contributed by atoms with Crippen LogP contribution in [0.5, 0.6) is 0 Å². The fraction of sp³-hybridized carbons (Fsp3) is 0.933. The Morgan fingerprint density at radius 1 is 1.48 bits per heavy atom. The number of hydrogen-bond acceptors (Lipinski definition) is 4. The molecule has 0 aromatic carbocycles. The summed E-state index contributed by atoms with van der Waals surface area (Å²) in [6.07, 6.45) is 2.98. The molecule has 3 atom stereocenters. The van der Waals surface area contributed by atoms with E-state index in [0.717, 1.165) is 26.1 Å². The van der Waals surface area contributed by atoms with Gasteiger partial charge in [-0.3, -0.25) is 0 Å². The summed E-state index contributed by atoms with van der Waals surface area (Å²) >= 11 is 0. The topological polar surface area (TPSA) is 73.6 Å². The van der Waals surface area contributed by atoms with Crippen LogP contribution in [0.3, 0.4) is 0 Å². The van der Waals surface area contributed by atoms with Gasteiger partial charge < -0.3 is 20.5 Å². The first-order valence-electron chi connectivity index (χ1n) is 8.01.